The molecule has 0 aliphatic carbocycles. The van der Waals surface area contributed by atoms with Gasteiger partial charge in [-0.25, -0.2) is 0 Å². The number of hydrogen-bond acceptors (Lipinski definition) is 7. The van der Waals surface area contributed by atoms with Crippen LogP contribution in [0.2, 0.25) is 0 Å². The van der Waals surface area contributed by atoms with E-state index >= 15 is 0 Å². The van der Waals surface area contributed by atoms with Gasteiger partial charge in [0.2, 0.25) is 0 Å². The molecule has 2 heterocycles. The molecule has 0 bridgehead atoms. The fourth-order valence-corrected chi connectivity index (χ4v) is 3.68. The van der Waals surface area contributed by atoms with E-state index in [1.165, 1.54) is 0 Å². The first-order valence-electron chi connectivity index (χ1n) is 10.8. The summed E-state index contributed by atoms with van der Waals surface area (Å²) in [6.07, 6.45) is -0.527. The summed E-state index contributed by atoms with van der Waals surface area (Å²) < 4.78 is 16.9. The second-order valence-electron chi connectivity index (χ2n) is 7.80. The lowest BCUT2D eigenvalue weighted by Crippen LogP contribution is -2.49. The first-order valence-corrected chi connectivity index (χ1v) is 10.8. The maximum atomic E-state index is 10.4. The van der Waals surface area contributed by atoms with Crippen molar-refractivity contribution < 1.29 is 19.0 Å². The first-order chi connectivity index (χ1) is 14.6. The molecule has 1 saturated heterocycles. The normalized spacial score (nSPS) is 16.5. The zero-order valence-electron chi connectivity index (χ0n) is 18.4. The summed E-state index contributed by atoms with van der Waals surface area (Å²) in [5.41, 5.74) is 1.09. The van der Waals surface area contributed by atoms with Gasteiger partial charge in [0, 0.05) is 39.3 Å². The Kier molecular flexibility index (Phi) is 8.57. The lowest BCUT2D eigenvalue weighted by Gasteiger charge is -2.34. The smallest absolute Gasteiger partial charge is 0.161 e. The number of ether oxygens (including phenoxy) is 2. The van der Waals surface area contributed by atoms with Gasteiger partial charge in [-0.05, 0) is 43.3 Å². The highest BCUT2D eigenvalue weighted by molar-refractivity contribution is 5.43. The lowest BCUT2D eigenvalue weighted by molar-refractivity contribution is 0.0464. The predicted octanol–water partition coefficient (Wildman–Crippen LogP) is 2.26. The van der Waals surface area contributed by atoms with Gasteiger partial charge in [-0.15, -0.1) is 0 Å². The van der Waals surface area contributed by atoms with Gasteiger partial charge >= 0.3 is 0 Å². The van der Waals surface area contributed by atoms with Crippen molar-refractivity contribution in [1.29, 1.82) is 0 Å². The number of furan rings is 1. The number of aryl methyl sites for hydroxylation is 1. The summed E-state index contributed by atoms with van der Waals surface area (Å²) in [5, 5.41) is 13.8. The number of β-amino-alcohol motifs (C(OH)–C–C–N with tert-alkyl or cyclic N) is 1. The van der Waals surface area contributed by atoms with Crippen LogP contribution in [0.5, 0.6) is 11.5 Å². The number of benzene rings is 1. The molecule has 7 heteroatoms. The van der Waals surface area contributed by atoms with Crippen molar-refractivity contribution in [2.75, 3.05) is 53.0 Å². The van der Waals surface area contributed by atoms with Crippen molar-refractivity contribution in [3.8, 4) is 11.5 Å². The number of hydrogen-bond donors (Lipinski definition) is 2. The van der Waals surface area contributed by atoms with Crippen molar-refractivity contribution in [3.63, 3.8) is 0 Å². The van der Waals surface area contributed by atoms with Crippen LogP contribution in [0.15, 0.2) is 34.7 Å². The zero-order valence-corrected chi connectivity index (χ0v) is 18.4. The molecule has 1 fully saturated rings. The summed E-state index contributed by atoms with van der Waals surface area (Å²) in [5.74, 6) is 3.16. The zero-order chi connectivity index (χ0) is 21.3. The Balaban J connectivity index is 1.43. The van der Waals surface area contributed by atoms with E-state index in [4.69, 9.17) is 13.9 Å². The van der Waals surface area contributed by atoms with Gasteiger partial charge in [-0.2, -0.15) is 0 Å². The van der Waals surface area contributed by atoms with Crippen LogP contribution in [0.1, 0.15) is 24.0 Å². The number of rotatable bonds is 11. The number of aliphatic hydroxyl groups excluding tert-OH is 1. The molecule has 0 spiro atoms. The largest absolute Gasteiger partial charge is 0.493 e. The maximum Gasteiger partial charge on any atom is 0.161 e. The number of methoxy groups -OCH3 is 1. The monoisotopic (exact) mass is 417 g/mol. The Morgan fingerprint density at radius 3 is 2.50 bits per heavy atom. The molecule has 0 saturated carbocycles. The van der Waals surface area contributed by atoms with Crippen LogP contribution in [-0.4, -0.2) is 74.0 Å². The Hall–Kier alpha value is -2.06. The minimum Gasteiger partial charge on any atom is -0.493 e. The Morgan fingerprint density at radius 2 is 1.83 bits per heavy atom. The first kappa shape index (κ1) is 22.6. The minimum atomic E-state index is -0.527. The third-order valence-corrected chi connectivity index (χ3v) is 5.46. The van der Waals surface area contributed by atoms with Crippen molar-refractivity contribution in [1.82, 2.24) is 15.1 Å². The third-order valence-electron chi connectivity index (χ3n) is 5.46. The van der Waals surface area contributed by atoms with Crippen LogP contribution in [-0.2, 0) is 13.1 Å². The van der Waals surface area contributed by atoms with Crippen LogP contribution in [0.3, 0.4) is 0 Å². The molecule has 0 radical (unpaired) electrons. The lowest BCUT2D eigenvalue weighted by atomic mass is 10.2. The van der Waals surface area contributed by atoms with E-state index < -0.39 is 6.10 Å². The molecule has 1 aliphatic heterocycles. The predicted molar refractivity (Wildman–Crippen MR) is 117 cm³/mol. The summed E-state index contributed by atoms with van der Waals surface area (Å²) in [6.45, 7) is 11.6. The van der Waals surface area contributed by atoms with Crippen molar-refractivity contribution in [2.45, 2.75) is 33.0 Å². The van der Waals surface area contributed by atoms with Crippen molar-refractivity contribution in [3.05, 3.63) is 47.4 Å². The highest BCUT2D eigenvalue weighted by atomic mass is 16.5. The maximum absolute atomic E-state index is 10.4. The molecule has 1 atom stereocenters. The van der Waals surface area contributed by atoms with Crippen LogP contribution < -0.4 is 14.8 Å². The number of piperazine rings is 1. The average Bonchev–Trinajstić information content (AvgIpc) is 3.18. The third kappa shape index (κ3) is 6.74. The van der Waals surface area contributed by atoms with Crippen LogP contribution in [0, 0.1) is 6.92 Å². The van der Waals surface area contributed by atoms with E-state index in [0.29, 0.717) is 31.1 Å². The Morgan fingerprint density at radius 1 is 1.07 bits per heavy atom. The molecule has 1 aromatic heterocycles. The van der Waals surface area contributed by atoms with E-state index in [1.54, 1.807) is 7.11 Å². The molecular formula is C23H35N3O4. The van der Waals surface area contributed by atoms with E-state index in [9.17, 15) is 5.11 Å². The molecule has 2 N–H and O–H groups in total. The number of nitrogens with zero attached hydrogens (tertiary/aromatic N) is 2. The highest BCUT2D eigenvalue weighted by Gasteiger charge is 2.19. The highest BCUT2D eigenvalue weighted by Crippen LogP contribution is 2.28. The van der Waals surface area contributed by atoms with E-state index in [1.807, 2.05) is 37.3 Å². The Labute approximate surface area is 179 Å². The van der Waals surface area contributed by atoms with E-state index in [0.717, 1.165) is 49.8 Å². The fourth-order valence-electron chi connectivity index (χ4n) is 3.68. The molecule has 166 valence electrons. The van der Waals surface area contributed by atoms with Gasteiger partial charge in [-0.1, -0.05) is 13.0 Å². The minimum absolute atomic E-state index is 0.250. The summed E-state index contributed by atoms with van der Waals surface area (Å²) in [4.78, 5) is 4.73. The summed E-state index contributed by atoms with van der Waals surface area (Å²) >= 11 is 0. The molecule has 1 aromatic carbocycles. The van der Waals surface area contributed by atoms with Gasteiger partial charge in [0.05, 0.1) is 13.7 Å². The van der Waals surface area contributed by atoms with Gasteiger partial charge in [0.25, 0.3) is 0 Å². The number of nitrogens with one attached hydrogen (secondary N) is 1. The molecular weight excluding hydrogens is 382 g/mol. The van der Waals surface area contributed by atoms with Crippen molar-refractivity contribution in [2.24, 2.45) is 0 Å². The second kappa shape index (κ2) is 11.4. The van der Waals surface area contributed by atoms with Gasteiger partial charge in [0.15, 0.2) is 11.5 Å². The standard InChI is InChI=1S/C23H35N3O4/c1-4-25-9-11-26(12-10-25)16-20(27)17-29-22-8-6-19(13-23(22)28-3)14-24-15-21-7-5-18(2)30-21/h5-8,13,20,24,27H,4,9-12,14-17H2,1-3H3. The van der Waals surface area contributed by atoms with Gasteiger partial charge in [-0.3, -0.25) is 4.90 Å². The molecule has 0 amide bonds. The topological polar surface area (TPSA) is 70.3 Å². The number of aliphatic hydroxyl groups is 1. The quantitative estimate of drug-likeness (QED) is 0.581. The fraction of sp³-hybridized carbons (Fsp3) is 0.565. The molecule has 7 nitrogen and oxygen atoms in total. The SMILES string of the molecule is CCN1CCN(CC(O)COc2ccc(CNCc3ccc(C)o3)cc2OC)CC1. The Bertz CT molecular complexity index is 772. The molecule has 3 rings (SSSR count). The molecule has 30 heavy (non-hydrogen) atoms. The van der Waals surface area contributed by atoms with E-state index in [2.05, 4.69) is 22.0 Å². The molecule has 1 aliphatic rings. The van der Waals surface area contributed by atoms with Crippen LogP contribution >= 0.6 is 0 Å². The van der Waals surface area contributed by atoms with Crippen LogP contribution in [0.4, 0.5) is 0 Å². The van der Waals surface area contributed by atoms with E-state index in [-0.39, 0.29) is 6.61 Å². The number of likely N-dealkylation sites (N-methyl/N-ethyl adjacent to an activating group) is 1. The summed E-state index contributed by atoms with van der Waals surface area (Å²) in [7, 11) is 1.63. The van der Waals surface area contributed by atoms with Crippen LogP contribution in [0.25, 0.3) is 0 Å². The molecule has 2 aromatic rings. The van der Waals surface area contributed by atoms with Gasteiger partial charge < -0.3 is 29.2 Å². The average molecular weight is 418 g/mol. The molecule has 1 unspecified atom stereocenters. The van der Waals surface area contributed by atoms with Gasteiger partial charge in [0.1, 0.15) is 24.2 Å². The summed E-state index contributed by atoms with van der Waals surface area (Å²) in [6, 6.07) is 9.82. The van der Waals surface area contributed by atoms with Crippen molar-refractivity contribution >= 4 is 0 Å². The second-order valence-corrected chi connectivity index (χ2v) is 7.80.